The van der Waals surface area contributed by atoms with Crippen molar-refractivity contribution in [2.45, 2.75) is 20.8 Å². The highest BCUT2D eigenvalue weighted by molar-refractivity contribution is 5.95. The van der Waals surface area contributed by atoms with Crippen LogP contribution in [0.4, 0.5) is 5.82 Å². The number of aromatic nitrogens is 2. The lowest BCUT2D eigenvalue weighted by Crippen LogP contribution is -2.29. The summed E-state index contributed by atoms with van der Waals surface area (Å²) in [5, 5.41) is 6.75. The molecule has 0 radical (unpaired) electrons. The Bertz CT molecular complexity index is 554. The maximum absolute atomic E-state index is 11.9. The summed E-state index contributed by atoms with van der Waals surface area (Å²) in [4.78, 5) is 11.9. The molecule has 2 aromatic rings. The minimum absolute atomic E-state index is 0.178. The number of aryl methyl sites for hydroxylation is 3. The number of hydrogen-bond acceptors (Lipinski definition) is 3. The van der Waals surface area contributed by atoms with Crippen molar-refractivity contribution in [1.82, 2.24) is 15.6 Å². The Morgan fingerprint density at radius 2 is 1.78 bits per heavy atom. The zero-order valence-corrected chi connectivity index (χ0v) is 10.7. The molecule has 2 rings (SSSR count). The zero-order chi connectivity index (χ0) is 13.1. The van der Waals surface area contributed by atoms with Gasteiger partial charge < -0.3 is 0 Å². The number of carbonyl (C=O) groups is 1. The summed E-state index contributed by atoms with van der Waals surface area (Å²) in [6.45, 7) is 5.83. The zero-order valence-electron chi connectivity index (χ0n) is 10.7. The molecule has 1 heterocycles. The molecule has 0 atom stereocenters. The Balaban J connectivity index is 2.03. The third kappa shape index (κ3) is 2.88. The van der Waals surface area contributed by atoms with E-state index in [-0.39, 0.29) is 5.91 Å². The third-order valence-corrected chi connectivity index (χ3v) is 2.49. The summed E-state index contributed by atoms with van der Waals surface area (Å²) >= 11 is 0. The smallest absolute Gasteiger partial charge is 0.269 e. The fourth-order valence-corrected chi connectivity index (χ4v) is 1.78. The van der Waals surface area contributed by atoms with Gasteiger partial charge in [0.15, 0.2) is 5.82 Å². The van der Waals surface area contributed by atoms with Crippen molar-refractivity contribution < 1.29 is 4.79 Å². The van der Waals surface area contributed by atoms with Crippen LogP contribution in [0.2, 0.25) is 0 Å². The maximum Gasteiger partial charge on any atom is 0.269 e. The van der Waals surface area contributed by atoms with E-state index in [1.807, 2.05) is 45.0 Å². The summed E-state index contributed by atoms with van der Waals surface area (Å²) < 4.78 is 0. The van der Waals surface area contributed by atoms with Crippen LogP contribution in [0.1, 0.15) is 27.2 Å². The number of nitrogens with one attached hydrogen (secondary N) is 3. The first-order valence-corrected chi connectivity index (χ1v) is 5.71. The number of nitrogens with zero attached hydrogens (tertiary/aromatic N) is 1. The van der Waals surface area contributed by atoms with E-state index >= 15 is 0 Å². The second-order valence-electron chi connectivity index (χ2n) is 4.39. The van der Waals surface area contributed by atoms with Gasteiger partial charge in [-0.3, -0.25) is 20.7 Å². The van der Waals surface area contributed by atoms with Gasteiger partial charge in [-0.25, -0.2) is 0 Å². The first kappa shape index (κ1) is 12.2. The van der Waals surface area contributed by atoms with Crippen LogP contribution in [0.15, 0.2) is 24.3 Å². The SMILES string of the molecule is Cc1cc(C)cc(C(=O)NNc2cc(C)[nH]n2)c1. The van der Waals surface area contributed by atoms with Crippen molar-refractivity contribution in [1.29, 1.82) is 0 Å². The van der Waals surface area contributed by atoms with Crippen LogP contribution in [0, 0.1) is 20.8 Å². The van der Waals surface area contributed by atoms with Gasteiger partial charge in [0.05, 0.1) is 0 Å². The molecule has 0 fully saturated rings. The normalized spacial score (nSPS) is 10.2. The lowest BCUT2D eigenvalue weighted by molar-refractivity contribution is 0.0962. The highest BCUT2D eigenvalue weighted by Gasteiger charge is 2.06. The molecule has 1 amide bonds. The molecular weight excluding hydrogens is 228 g/mol. The summed E-state index contributed by atoms with van der Waals surface area (Å²) in [5.74, 6) is 0.410. The van der Waals surface area contributed by atoms with Gasteiger partial charge in [-0.2, -0.15) is 5.10 Å². The van der Waals surface area contributed by atoms with E-state index in [4.69, 9.17) is 0 Å². The molecule has 94 valence electrons. The topological polar surface area (TPSA) is 69.8 Å². The van der Waals surface area contributed by atoms with Gasteiger partial charge in [-0.15, -0.1) is 0 Å². The van der Waals surface area contributed by atoms with Gasteiger partial charge in [0, 0.05) is 17.3 Å². The standard InChI is InChI=1S/C13H16N4O/c1-8-4-9(2)6-11(5-8)13(18)17-16-12-7-10(3)14-15-12/h4-7H,1-3H3,(H,17,18)(H2,14,15,16). The second kappa shape index (κ2) is 4.91. The van der Waals surface area contributed by atoms with Crippen molar-refractivity contribution in [3.8, 4) is 0 Å². The molecular formula is C13H16N4O. The van der Waals surface area contributed by atoms with Gasteiger partial charge in [0.1, 0.15) is 0 Å². The van der Waals surface area contributed by atoms with E-state index in [1.165, 1.54) is 0 Å². The molecule has 18 heavy (non-hydrogen) atoms. The van der Waals surface area contributed by atoms with Gasteiger partial charge in [-0.05, 0) is 32.9 Å². The summed E-state index contributed by atoms with van der Waals surface area (Å²) in [7, 11) is 0. The van der Waals surface area contributed by atoms with Crippen LogP contribution < -0.4 is 10.9 Å². The lowest BCUT2D eigenvalue weighted by atomic mass is 10.1. The molecule has 0 saturated carbocycles. The average Bonchev–Trinajstić information content (AvgIpc) is 2.70. The number of benzene rings is 1. The van der Waals surface area contributed by atoms with E-state index < -0.39 is 0 Å². The van der Waals surface area contributed by atoms with E-state index in [9.17, 15) is 4.79 Å². The van der Waals surface area contributed by atoms with Crippen molar-refractivity contribution in [2.75, 3.05) is 5.43 Å². The van der Waals surface area contributed by atoms with Crippen LogP contribution in [0.3, 0.4) is 0 Å². The quantitative estimate of drug-likeness (QED) is 0.724. The van der Waals surface area contributed by atoms with E-state index in [1.54, 1.807) is 0 Å². The molecule has 5 heteroatoms. The minimum atomic E-state index is -0.178. The Hall–Kier alpha value is -2.30. The summed E-state index contributed by atoms with van der Waals surface area (Å²) in [5.41, 5.74) is 9.06. The number of anilines is 1. The summed E-state index contributed by atoms with van der Waals surface area (Å²) in [6.07, 6.45) is 0. The van der Waals surface area contributed by atoms with Crippen LogP contribution in [0.5, 0.6) is 0 Å². The monoisotopic (exact) mass is 244 g/mol. The van der Waals surface area contributed by atoms with Crippen molar-refractivity contribution in [3.63, 3.8) is 0 Å². The number of carbonyl (C=O) groups excluding carboxylic acids is 1. The van der Waals surface area contributed by atoms with Crippen molar-refractivity contribution in [2.24, 2.45) is 0 Å². The van der Waals surface area contributed by atoms with E-state index in [0.717, 1.165) is 16.8 Å². The predicted octanol–water partition coefficient (Wildman–Crippen LogP) is 2.09. The minimum Gasteiger partial charge on any atom is -0.281 e. The van der Waals surface area contributed by atoms with Gasteiger partial charge in [0.2, 0.25) is 0 Å². The molecule has 0 aliphatic heterocycles. The highest BCUT2D eigenvalue weighted by Crippen LogP contribution is 2.09. The molecule has 0 saturated heterocycles. The predicted molar refractivity (Wildman–Crippen MR) is 70.3 cm³/mol. The lowest BCUT2D eigenvalue weighted by Gasteiger charge is -2.07. The van der Waals surface area contributed by atoms with Crippen molar-refractivity contribution in [3.05, 3.63) is 46.6 Å². The first-order valence-electron chi connectivity index (χ1n) is 5.71. The fraction of sp³-hybridized carbons (Fsp3) is 0.231. The molecule has 0 bridgehead atoms. The van der Waals surface area contributed by atoms with Crippen LogP contribution in [-0.4, -0.2) is 16.1 Å². The van der Waals surface area contributed by atoms with E-state index in [2.05, 4.69) is 21.0 Å². The Morgan fingerprint density at radius 1 is 1.11 bits per heavy atom. The Labute approximate surface area is 106 Å². The average molecular weight is 244 g/mol. The fourth-order valence-electron chi connectivity index (χ4n) is 1.78. The molecule has 1 aromatic carbocycles. The maximum atomic E-state index is 11.9. The highest BCUT2D eigenvalue weighted by atomic mass is 16.2. The molecule has 5 nitrogen and oxygen atoms in total. The first-order chi connectivity index (χ1) is 8.54. The Morgan fingerprint density at radius 3 is 2.33 bits per heavy atom. The van der Waals surface area contributed by atoms with Crippen LogP contribution in [-0.2, 0) is 0 Å². The molecule has 1 aromatic heterocycles. The summed E-state index contributed by atoms with van der Waals surface area (Å²) in [6, 6.07) is 7.53. The number of hydrazine groups is 1. The molecule has 0 unspecified atom stereocenters. The van der Waals surface area contributed by atoms with Gasteiger partial charge in [-0.1, -0.05) is 17.2 Å². The van der Waals surface area contributed by atoms with Crippen molar-refractivity contribution >= 4 is 11.7 Å². The van der Waals surface area contributed by atoms with Gasteiger partial charge >= 0.3 is 0 Å². The molecule has 3 N–H and O–H groups in total. The second-order valence-corrected chi connectivity index (χ2v) is 4.39. The molecule has 0 spiro atoms. The molecule has 0 aliphatic carbocycles. The van der Waals surface area contributed by atoms with Crippen LogP contribution >= 0.6 is 0 Å². The van der Waals surface area contributed by atoms with Crippen LogP contribution in [0.25, 0.3) is 0 Å². The largest absolute Gasteiger partial charge is 0.281 e. The Kier molecular flexibility index (Phi) is 3.32. The van der Waals surface area contributed by atoms with E-state index in [0.29, 0.717) is 11.4 Å². The number of hydrogen-bond donors (Lipinski definition) is 3. The number of rotatable bonds is 3. The van der Waals surface area contributed by atoms with Gasteiger partial charge in [0.25, 0.3) is 5.91 Å². The molecule has 0 aliphatic rings. The number of H-pyrrole nitrogens is 1. The number of aromatic amines is 1. The number of amides is 1. The third-order valence-electron chi connectivity index (χ3n) is 2.49.